The summed E-state index contributed by atoms with van der Waals surface area (Å²) >= 11 is 0. The lowest BCUT2D eigenvalue weighted by Crippen LogP contribution is -2.29. The molecule has 0 fully saturated rings. The van der Waals surface area contributed by atoms with E-state index in [1.165, 1.54) is 10.9 Å². The van der Waals surface area contributed by atoms with E-state index in [4.69, 9.17) is 9.47 Å². The number of aromatic nitrogens is 3. The predicted molar refractivity (Wildman–Crippen MR) is 114 cm³/mol. The Balaban J connectivity index is 2.13. The van der Waals surface area contributed by atoms with Gasteiger partial charge in [-0.05, 0) is 19.1 Å². The maximum atomic E-state index is 13.1. The van der Waals surface area contributed by atoms with Gasteiger partial charge in [-0.3, -0.25) is 14.6 Å². The summed E-state index contributed by atoms with van der Waals surface area (Å²) in [7, 11) is 0. The Labute approximate surface area is 178 Å². The van der Waals surface area contributed by atoms with Crippen molar-refractivity contribution in [3.63, 3.8) is 0 Å². The molecule has 0 aliphatic carbocycles. The first-order valence-electron chi connectivity index (χ1n) is 9.75. The highest BCUT2D eigenvalue weighted by Crippen LogP contribution is 2.27. The number of hydrogen-bond donors (Lipinski definition) is 1. The molecule has 0 bridgehead atoms. The van der Waals surface area contributed by atoms with Gasteiger partial charge in [-0.25, -0.2) is 9.48 Å². The number of esters is 2. The summed E-state index contributed by atoms with van der Waals surface area (Å²) in [6, 6.07) is 12.4. The van der Waals surface area contributed by atoms with Crippen molar-refractivity contribution in [3.8, 4) is 11.3 Å². The molecule has 31 heavy (non-hydrogen) atoms. The van der Waals surface area contributed by atoms with E-state index in [1.807, 2.05) is 6.07 Å². The molecule has 3 rings (SSSR count). The molecule has 0 atom stereocenters. The van der Waals surface area contributed by atoms with E-state index in [9.17, 15) is 14.4 Å². The molecule has 0 unspecified atom stereocenters. The molecule has 0 radical (unpaired) electrons. The van der Waals surface area contributed by atoms with Crippen LogP contribution in [0.25, 0.3) is 11.3 Å². The molecule has 0 saturated heterocycles. The number of rotatable bonds is 8. The Hall–Kier alpha value is -4.01. The second-order valence-corrected chi connectivity index (χ2v) is 6.37. The number of pyridine rings is 1. The van der Waals surface area contributed by atoms with Gasteiger partial charge in [0.1, 0.15) is 16.9 Å². The zero-order valence-corrected chi connectivity index (χ0v) is 17.2. The summed E-state index contributed by atoms with van der Waals surface area (Å²) in [6.07, 6.45) is 3.26. The summed E-state index contributed by atoms with van der Waals surface area (Å²) in [5.41, 5.74) is 0.840. The lowest BCUT2D eigenvalue weighted by Gasteiger charge is -2.17. The molecule has 2 heterocycles. The molecule has 0 aliphatic rings. The zero-order valence-electron chi connectivity index (χ0n) is 17.2. The van der Waals surface area contributed by atoms with E-state index in [1.54, 1.807) is 56.4 Å². The minimum atomic E-state index is -0.845. The minimum absolute atomic E-state index is 0.00415. The number of carbonyl (C=O) groups is 2. The van der Waals surface area contributed by atoms with Crippen molar-refractivity contribution in [3.05, 3.63) is 70.8 Å². The third-order valence-corrected chi connectivity index (χ3v) is 4.34. The van der Waals surface area contributed by atoms with Crippen LogP contribution < -0.4 is 10.9 Å². The van der Waals surface area contributed by atoms with Crippen LogP contribution in [-0.2, 0) is 20.8 Å². The average Bonchev–Trinajstić information content (AvgIpc) is 2.81. The van der Waals surface area contributed by atoms with Gasteiger partial charge in [-0.2, -0.15) is 5.10 Å². The molecule has 9 heteroatoms. The molecular formula is C22H22N4O5. The van der Waals surface area contributed by atoms with Crippen LogP contribution in [0.15, 0.2) is 59.7 Å². The molecule has 2 aromatic heterocycles. The van der Waals surface area contributed by atoms with Crippen LogP contribution in [0.5, 0.6) is 0 Å². The Bertz CT molecular complexity index is 1110. The number of benzene rings is 1. The Morgan fingerprint density at radius 3 is 2.48 bits per heavy atom. The lowest BCUT2D eigenvalue weighted by molar-refractivity contribution is -0.151. The maximum absolute atomic E-state index is 13.1. The van der Waals surface area contributed by atoms with Gasteiger partial charge in [-0.15, -0.1) is 0 Å². The fourth-order valence-corrected chi connectivity index (χ4v) is 2.80. The fourth-order valence-electron chi connectivity index (χ4n) is 2.80. The SMILES string of the molecule is CCC(=O)OCOC(=O)c1c(-c2ccccc2)nn(CC)c(=O)c1Nc1cccnc1. The largest absolute Gasteiger partial charge is 0.428 e. The Morgan fingerprint density at radius 1 is 1.06 bits per heavy atom. The van der Waals surface area contributed by atoms with Crippen LogP contribution in [0.4, 0.5) is 11.4 Å². The number of anilines is 2. The first-order valence-corrected chi connectivity index (χ1v) is 9.75. The van der Waals surface area contributed by atoms with Crippen LogP contribution >= 0.6 is 0 Å². The highest BCUT2D eigenvalue weighted by atomic mass is 16.7. The summed E-state index contributed by atoms with van der Waals surface area (Å²) in [5, 5.41) is 7.36. The zero-order chi connectivity index (χ0) is 22.2. The lowest BCUT2D eigenvalue weighted by atomic mass is 10.0. The molecule has 0 amide bonds. The highest BCUT2D eigenvalue weighted by molar-refractivity contribution is 6.02. The number of carbonyl (C=O) groups excluding carboxylic acids is 2. The molecule has 3 aromatic rings. The standard InChI is InChI=1S/C22H22N4O5/c1-3-17(27)30-14-31-22(29)18-19(15-9-6-5-7-10-15)25-26(4-2)21(28)20(18)24-16-11-8-12-23-13-16/h5-13,24H,3-4,14H2,1-2H3. The number of ether oxygens (including phenoxy) is 2. The number of aryl methyl sites for hydroxylation is 1. The number of nitrogens with zero attached hydrogens (tertiary/aromatic N) is 3. The minimum Gasteiger partial charge on any atom is -0.428 e. The van der Waals surface area contributed by atoms with Gasteiger partial charge in [0.2, 0.25) is 6.79 Å². The van der Waals surface area contributed by atoms with E-state index in [0.717, 1.165) is 0 Å². The topological polar surface area (TPSA) is 112 Å². The fraction of sp³-hybridized carbons (Fsp3) is 0.227. The van der Waals surface area contributed by atoms with Crippen molar-refractivity contribution in [2.24, 2.45) is 0 Å². The first-order chi connectivity index (χ1) is 15.0. The van der Waals surface area contributed by atoms with E-state index in [-0.39, 0.29) is 23.4 Å². The van der Waals surface area contributed by atoms with E-state index in [2.05, 4.69) is 15.4 Å². The second-order valence-electron chi connectivity index (χ2n) is 6.37. The van der Waals surface area contributed by atoms with Crippen LogP contribution in [0.1, 0.15) is 30.6 Å². The first kappa shape index (κ1) is 21.7. The second kappa shape index (κ2) is 10.1. The van der Waals surface area contributed by atoms with Crippen LogP contribution in [-0.4, -0.2) is 33.5 Å². The molecule has 0 spiro atoms. The molecule has 0 saturated carbocycles. The van der Waals surface area contributed by atoms with Gasteiger partial charge >= 0.3 is 11.9 Å². The van der Waals surface area contributed by atoms with Gasteiger partial charge in [-0.1, -0.05) is 37.3 Å². The molecule has 9 nitrogen and oxygen atoms in total. The van der Waals surface area contributed by atoms with E-state index in [0.29, 0.717) is 17.8 Å². The van der Waals surface area contributed by atoms with Crippen molar-refractivity contribution in [2.45, 2.75) is 26.8 Å². The van der Waals surface area contributed by atoms with Crippen molar-refractivity contribution in [1.82, 2.24) is 14.8 Å². The van der Waals surface area contributed by atoms with Crippen molar-refractivity contribution < 1.29 is 19.1 Å². The van der Waals surface area contributed by atoms with Crippen molar-refractivity contribution >= 4 is 23.3 Å². The third kappa shape index (κ3) is 5.13. The normalized spacial score (nSPS) is 10.4. The molecular weight excluding hydrogens is 400 g/mol. The van der Waals surface area contributed by atoms with Crippen LogP contribution in [0.3, 0.4) is 0 Å². The van der Waals surface area contributed by atoms with E-state index >= 15 is 0 Å². The van der Waals surface area contributed by atoms with Gasteiger partial charge < -0.3 is 14.8 Å². The predicted octanol–water partition coefficient (Wildman–Crippen LogP) is 3.14. The molecule has 1 N–H and O–H groups in total. The van der Waals surface area contributed by atoms with Gasteiger partial charge in [0, 0.05) is 24.7 Å². The monoisotopic (exact) mass is 422 g/mol. The third-order valence-electron chi connectivity index (χ3n) is 4.34. The van der Waals surface area contributed by atoms with Gasteiger partial charge in [0.15, 0.2) is 0 Å². The van der Waals surface area contributed by atoms with E-state index < -0.39 is 24.3 Å². The summed E-state index contributed by atoms with van der Waals surface area (Å²) in [6.45, 7) is 3.13. The average molecular weight is 422 g/mol. The maximum Gasteiger partial charge on any atom is 0.345 e. The van der Waals surface area contributed by atoms with Gasteiger partial charge in [0.05, 0.1) is 11.9 Å². The number of hydrogen-bond acceptors (Lipinski definition) is 8. The summed E-state index contributed by atoms with van der Waals surface area (Å²) in [5.74, 6) is -1.36. The molecule has 1 aromatic carbocycles. The summed E-state index contributed by atoms with van der Waals surface area (Å²) in [4.78, 5) is 41.5. The smallest absolute Gasteiger partial charge is 0.345 e. The molecule has 0 aliphatic heterocycles. The highest BCUT2D eigenvalue weighted by Gasteiger charge is 2.26. The van der Waals surface area contributed by atoms with Crippen molar-refractivity contribution in [1.29, 1.82) is 0 Å². The molecule has 160 valence electrons. The van der Waals surface area contributed by atoms with Crippen LogP contribution in [0.2, 0.25) is 0 Å². The van der Waals surface area contributed by atoms with Crippen LogP contribution in [0, 0.1) is 0 Å². The summed E-state index contributed by atoms with van der Waals surface area (Å²) < 4.78 is 11.2. The van der Waals surface area contributed by atoms with Gasteiger partial charge in [0.25, 0.3) is 5.56 Å². The Kier molecular flexibility index (Phi) is 7.10. The number of nitrogens with one attached hydrogen (secondary N) is 1. The van der Waals surface area contributed by atoms with Crippen molar-refractivity contribution in [2.75, 3.05) is 12.1 Å². The quantitative estimate of drug-likeness (QED) is 0.435. The Morgan fingerprint density at radius 2 is 1.84 bits per heavy atom.